The topological polar surface area (TPSA) is 84.9 Å². The van der Waals surface area contributed by atoms with Crippen LogP contribution in [0.1, 0.15) is 41.0 Å². The second kappa shape index (κ2) is 7.60. The van der Waals surface area contributed by atoms with Crippen molar-refractivity contribution in [3.05, 3.63) is 0 Å². The van der Waals surface area contributed by atoms with Gasteiger partial charge in [0.1, 0.15) is 5.54 Å². The Bertz CT molecular complexity index is 341. The molecule has 7 heteroatoms. The molecular formula is C12H22N2O5. The number of amides is 2. The van der Waals surface area contributed by atoms with Gasteiger partial charge in [-0.15, -0.1) is 0 Å². The average molecular weight is 274 g/mol. The maximum Gasteiger partial charge on any atom is 0.429 e. The van der Waals surface area contributed by atoms with Crippen LogP contribution < -0.4 is 5.43 Å². The number of ketones is 1. The molecule has 0 radical (unpaired) electrons. The van der Waals surface area contributed by atoms with Gasteiger partial charge in [0, 0.05) is 6.42 Å². The molecule has 0 saturated carbocycles. The van der Waals surface area contributed by atoms with Gasteiger partial charge in [0.15, 0.2) is 5.78 Å². The summed E-state index contributed by atoms with van der Waals surface area (Å²) in [5.74, 6) is -0.211. The molecule has 7 nitrogen and oxygen atoms in total. The summed E-state index contributed by atoms with van der Waals surface area (Å²) in [5.41, 5.74) is 1.02. The predicted molar refractivity (Wildman–Crippen MR) is 68.4 cm³/mol. The van der Waals surface area contributed by atoms with Gasteiger partial charge in [-0.05, 0) is 27.7 Å². The molecule has 0 heterocycles. The summed E-state index contributed by atoms with van der Waals surface area (Å²) in [4.78, 5) is 35.1. The van der Waals surface area contributed by atoms with Crippen molar-refractivity contribution in [2.24, 2.45) is 0 Å². The molecule has 1 N–H and O–H groups in total. The largest absolute Gasteiger partial charge is 0.449 e. The quantitative estimate of drug-likeness (QED) is 0.773. The van der Waals surface area contributed by atoms with E-state index in [0.717, 1.165) is 5.01 Å². The monoisotopic (exact) mass is 274 g/mol. The van der Waals surface area contributed by atoms with Crippen LogP contribution in [0.2, 0.25) is 0 Å². The zero-order valence-corrected chi connectivity index (χ0v) is 12.1. The van der Waals surface area contributed by atoms with Crippen molar-refractivity contribution in [2.45, 2.75) is 46.6 Å². The Morgan fingerprint density at radius 1 is 1.05 bits per heavy atom. The molecule has 0 rings (SSSR count). The lowest BCUT2D eigenvalue weighted by molar-refractivity contribution is -0.129. The summed E-state index contributed by atoms with van der Waals surface area (Å²) in [6, 6.07) is 0. The zero-order chi connectivity index (χ0) is 15.1. The number of ether oxygens (including phenoxy) is 2. The molecule has 0 aromatic rings. The van der Waals surface area contributed by atoms with E-state index in [0.29, 0.717) is 0 Å². The Balaban J connectivity index is 5.10. The molecule has 0 aromatic heterocycles. The third kappa shape index (κ3) is 4.76. The molecule has 19 heavy (non-hydrogen) atoms. The van der Waals surface area contributed by atoms with Crippen LogP contribution in [0, 0.1) is 0 Å². The second-order valence-electron chi connectivity index (χ2n) is 4.20. The zero-order valence-electron chi connectivity index (χ0n) is 12.1. The molecule has 2 amide bonds. The molecule has 0 unspecified atom stereocenters. The van der Waals surface area contributed by atoms with Crippen molar-refractivity contribution in [1.82, 2.24) is 10.4 Å². The van der Waals surface area contributed by atoms with E-state index < -0.39 is 17.7 Å². The maximum absolute atomic E-state index is 11.9. The first-order valence-corrected chi connectivity index (χ1v) is 6.24. The number of Topliss-reactive ketones (excluding diaryl/α,β-unsaturated/α-hetero) is 1. The van der Waals surface area contributed by atoms with E-state index in [-0.39, 0.29) is 25.4 Å². The number of carbonyl (C=O) groups is 3. The normalized spacial score (nSPS) is 10.6. The Hall–Kier alpha value is -1.79. The van der Waals surface area contributed by atoms with Gasteiger partial charge in [-0.25, -0.2) is 20.0 Å². The van der Waals surface area contributed by atoms with E-state index in [2.05, 4.69) is 5.43 Å². The smallest absolute Gasteiger partial charge is 0.429 e. The number of carbonyl (C=O) groups excluding carboxylic acids is 3. The summed E-state index contributed by atoms with van der Waals surface area (Å²) < 4.78 is 9.53. The van der Waals surface area contributed by atoms with E-state index in [1.165, 1.54) is 13.8 Å². The molecule has 0 spiro atoms. The third-order valence-corrected chi connectivity index (χ3v) is 2.49. The Kier molecular flexibility index (Phi) is 6.89. The van der Waals surface area contributed by atoms with Crippen molar-refractivity contribution in [3.8, 4) is 0 Å². The SMILES string of the molecule is CCOC(=O)NN(C(=O)OCC)C(C)(C)C(=O)CC. The van der Waals surface area contributed by atoms with Gasteiger partial charge in [-0.1, -0.05) is 6.92 Å². The highest BCUT2D eigenvalue weighted by Gasteiger charge is 2.39. The molecule has 0 fully saturated rings. The highest BCUT2D eigenvalue weighted by molar-refractivity contribution is 5.91. The van der Waals surface area contributed by atoms with Gasteiger partial charge in [0.25, 0.3) is 0 Å². The minimum Gasteiger partial charge on any atom is -0.449 e. The van der Waals surface area contributed by atoms with Crippen LogP contribution in [0.5, 0.6) is 0 Å². The molecule has 0 aliphatic carbocycles. The number of hydrazine groups is 1. The summed E-state index contributed by atoms with van der Waals surface area (Å²) >= 11 is 0. The van der Waals surface area contributed by atoms with E-state index >= 15 is 0 Å². The first-order chi connectivity index (χ1) is 8.81. The molecule has 0 aliphatic rings. The fourth-order valence-electron chi connectivity index (χ4n) is 1.41. The molecular weight excluding hydrogens is 252 g/mol. The Morgan fingerprint density at radius 2 is 1.58 bits per heavy atom. The second-order valence-corrected chi connectivity index (χ2v) is 4.20. The van der Waals surface area contributed by atoms with Crippen molar-refractivity contribution in [2.75, 3.05) is 13.2 Å². The number of nitrogens with zero attached hydrogens (tertiary/aromatic N) is 1. The Labute approximate surface area is 113 Å². The highest BCUT2D eigenvalue weighted by atomic mass is 16.6. The first kappa shape index (κ1) is 17.2. The van der Waals surface area contributed by atoms with E-state index in [4.69, 9.17) is 9.47 Å². The van der Waals surface area contributed by atoms with Crippen LogP contribution in [0.4, 0.5) is 9.59 Å². The van der Waals surface area contributed by atoms with Crippen LogP contribution in [-0.2, 0) is 14.3 Å². The predicted octanol–water partition coefficient (Wildman–Crippen LogP) is 1.86. The molecule has 0 aliphatic heterocycles. The van der Waals surface area contributed by atoms with Crippen LogP contribution in [0.15, 0.2) is 0 Å². The lowest BCUT2D eigenvalue weighted by Crippen LogP contribution is -2.60. The number of rotatable bonds is 5. The van der Waals surface area contributed by atoms with Gasteiger partial charge in [-0.3, -0.25) is 4.79 Å². The summed E-state index contributed by atoms with van der Waals surface area (Å²) in [5, 5.41) is 0.861. The van der Waals surface area contributed by atoms with Crippen LogP contribution >= 0.6 is 0 Å². The minimum absolute atomic E-state index is 0.135. The number of nitrogens with one attached hydrogen (secondary N) is 1. The van der Waals surface area contributed by atoms with E-state index in [9.17, 15) is 14.4 Å². The van der Waals surface area contributed by atoms with Crippen molar-refractivity contribution < 1.29 is 23.9 Å². The molecule has 110 valence electrons. The van der Waals surface area contributed by atoms with Gasteiger partial charge in [-0.2, -0.15) is 0 Å². The molecule has 0 saturated heterocycles. The van der Waals surface area contributed by atoms with Crippen LogP contribution in [0.25, 0.3) is 0 Å². The Morgan fingerprint density at radius 3 is 2.00 bits per heavy atom. The summed E-state index contributed by atoms with van der Waals surface area (Å²) in [6.45, 7) is 8.30. The average Bonchev–Trinajstić information content (AvgIpc) is 2.35. The van der Waals surface area contributed by atoms with Crippen molar-refractivity contribution >= 4 is 18.0 Å². The number of hydrogen-bond donors (Lipinski definition) is 1. The van der Waals surface area contributed by atoms with E-state index in [1.807, 2.05) is 0 Å². The lowest BCUT2D eigenvalue weighted by atomic mass is 9.97. The number of hydrogen-bond acceptors (Lipinski definition) is 5. The summed E-state index contributed by atoms with van der Waals surface area (Å²) in [6.07, 6.45) is -1.39. The van der Waals surface area contributed by atoms with Crippen LogP contribution in [-0.4, -0.2) is 41.7 Å². The fourth-order valence-corrected chi connectivity index (χ4v) is 1.41. The van der Waals surface area contributed by atoms with Gasteiger partial charge < -0.3 is 9.47 Å². The fraction of sp³-hybridized carbons (Fsp3) is 0.750. The van der Waals surface area contributed by atoms with Crippen molar-refractivity contribution in [3.63, 3.8) is 0 Å². The highest BCUT2D eigenvalue weighted by Crippen LogP contribution is 2.17. The molecule has 0 atom stereocenters. The van der Waals surface area contributed by atoms with Gasteiger partial charge >= 0.3 is 12.2 Å². The van der Waals surface area contributed by atoms with E-state index in [1.54, 1.807) is 20.8 Å². The minimum atomic E-state index is -1.21. The summed E-state index contributed by atoms with van der Waals surface area (Å²) in [7, 11) is 0. The maximum atomic E-state index is 11.9. The molecule has 0 bridgehead atoms. The lowest BCUT2D eigenvalue weighted by Gasteiger charge is -2.35. The standard InChI is InChI=1S/C12H22N2O5/c1-6-9(15)12(4,5)14(11(17)19-8-3)13-10(16)18-7-2/h6-8H2,1-5H3,(H,13,16). The molecule has 0 aromatic carbocycles. The van der Waals surface area contributed by atoms with Crippen molar-refractivity contribution in [1.29, 1.82) is 0 Å². The first-order valence-electron chi connectivity index (χ1n) is 6.24. The van der Waals surface area contributed by atoms with Crippen LogP contribution in [0.3, 0.4) is 0 Å². The van der Waals surface area contributed by atoms with Gasteiger partial charge in [0.2, 0.25) is 0 Å². The third-order valence-electron chi connectivity index (χ3n) is 2.49. The van der Waals surface area contributed by atoms with Gasteiger partial charge in [0.05, 0.1) is 13.2 Å².